The number of nitrogens with zero attached hydrogens (tertiary/aromatic N) is 1. The van der Waals surface area contributed by atoms with Crippen LogP contribution in [-0.4, -0.2) is 30.4 Å². The second kappa shape index (κ2) is 8.75. The Kier molecular flexibility index (Phi) is 7.31. The van der Waals surface area contributed by atoms with Crippen LogP contribution >= 0.6 is 0 Å². The van der Waals surface area contributed by atoms with Gasteiger partial charge in [0, 0.05) is 19.6 Å². The SMILES string of the molecule is CCC(CC)CN(CC)C(=O)C(CN)c1ccccc1. The number of hydrogen-bond acceptors (Lipinski definition) is 2. The number of rotatable bonds is 8. The molecular weight excluding hydrogens is 248 g/mol. The van der Waals surface area contributed by atoms with Gasteiger partial charge in [-0.3, -0.25) is 4.79 Å². The molecule has 0 heterocycles. The van der Waals surface area contributed by atoms with Crippen LogP contribution in [0.2, 0.25) is 0 Å². The second-order valence-electron chi connectivity index (χ2n) is 5.26. The van der Waals surface area contributed by atoms with Crippen molar-refractivity contribution in [3.63, 3.8) is 0 Å². The molecule has 0 bridgehead atoms. The lowest BCUT2D eigenvalue weighted by atomic mass is 9.96. The quantitative estimate of drug-likeness (QED) is 0.793. The van der Waals surface area contributed by atoms with Gasteiger partial charge in [0.25, 0.3) is 0 Å². The van der Waals surface area contributed by atoms with Crippen LogP contribution in [0.4, 0.5) is 0 Å². The minimum atomic E-state index is -0.217. The lowest BCUT2D eigenvalue weighted by Crippen LogP contribution is -2.40. The summed E-state index contributed by atoms with van der Waals surface area (Å²) in [6.45, 7) is 8.36. The second-order valence-corrected chi connectivity index (χ2v) is 5.26. The van der Waals surface area contributed by atoms with Crippen molar-refractivity contribution >= 4 is 5.91 Å². The largest absolute Gasteiger partial charge is 0.342 e. The van der Waals surface area contributed by atoms with Gasteiger partial charge in [-0.25, -0.2) is 0 Å². The van der Waals surface area contributed by atoms with Crippen molar-refractivity contribution in [2.24, 2.45) is 11.7 Å². The molecule has 2 N–H and O–H groups in total. The number of likely N-dealkylation sites (N-methyl/N-ethyl adjacent to an activating group) is 1. The van der Waals surface area contributed by atoms with Crippen LogP contribution in [0.5, 0.6) is 0 Å². The summed E-state index contributed by atoms with van der Waals surface area (Å²) in [5, 5.41) is 0. The van der Waals surface area contributed by atoms with Gasteiger partial charge in [-0.15, -0.1) is 0 Å². The first-order valence-electron chi connectivity index (χ1n) is 7.71. The molecule has 112 valence electrons. The third kappa shape index (κ3) is 4.34. The van der Waals surface area contributed by atoms with Gasteiger partial charge >= 0.3 is 0 Å². The van der Waals surface area contributed by atoms with E-state index in [1.54, 1.807) is 0 Å². The maximum Gasteiger partial charge on any atom is 0.231 e. The molecule has 1 atom stereocenters. The van der Waals surface area contributed by atoms with E-state index < -0.39 is 0 Å². The van der Waals surface area contributed by atoms with Crippen molar-refractivity contribution in [2.75, 3.05) is 19.6 Å². The van der Waals surface area contributed by atoms with E-state index in [9.17, 15) is 4.79 Å². The van der Waals surface area contributed by atoms with E-state index in [0.717, 1.165) is 31.5 Å². The average molecular weight is 276 g/mol. The molecule has 20 heavy (non-hydrogen) atoms. The zero-order valence-corrected chi connectivity index (χ0v) is 13.0. The minimum Gasteiger partial charge on any atom is -0.342 e. The summed E-state index contributed by atoms with van der Waals surface area (Å²) in [5.41, 5.74) is 6.86. The Bertz CT molecular complexity index is 387. The summed E-state index contributed by atoms with van der Waals surface area (Å²) in [7, 11) is 0. The highest BCUT2D eigenvalue weighted by Gasteiger charge is 2.24. The fourth-order valence-electron chi connectivity index (χ4n) is 2.52. The molecule has 3 nitrogen and oxygen atoms in total. The van der Waals surface area contributed by atoms with Crippen LogP contribution in [-0.2, 0) is 4.79 Å². The van der Waals surface area contributed by atoms with E-state index in [1.807, 2.05) is 42.2 Å². The molecule has 0 aromatic heterocycles. The summed E-state index contributed by atoms with van der Waals surface area (Å²) >= 11 is 0. The van der Waals surface area contributed by atoms with E-state index in [4.69, 9.17) is 5.73 Å². The highest BCUT2D eigenvalue weighted by molar-refractivity contribution is 5.84. The molecule has 1 unspecified atom stereocenters. The van der Waals surface area contributed by atoms with Gasteiger partial charge < -0.3 is 10.6 Å². The maximum atomic E-state index is 12.7. The van der Waals surface area contributed by atoms with Gasteiger partial charge in [0.05, 0.1) is 5.92 Å². The molecule has 1 aromatic rings. The fourth-order valence-corrected chi connectivity index (χ4v) is 2.52. The predicted molar refractivity (Wildman–Crippen MR) is 84.6 cm³/mol. The smallest absolute Gasteiger partial charge is 0.231 e. The Morgan fingerprint density at radius 3 is 2.20 bits per heavy atom. The Hall–Kier alpha value is -1.35. The Morgan fingerprint density at radius 2 is 1.75 bits per heavy atom. The topological polar surface area (TPSA) is 46.3 Å². The molecule has 0 aliphatic rings. The van der Waals surface area contributed by atoms with Gasteiger partial charge in [0.1, 0.15) is 0 Å². The number of carbonyl (C=O) groups is 1. The lowest BCUT2D eigenvalue weighted by Gasteiger charge is -2.29. The molecule has 1 amide bonds. The monoisotopic (exact) mass is 276 g/mol. The van der Waals surface area contributed by atoms with Gasteiger partial charge in [0.2, 0.25) is 5.91 Å². The Morgan fingerprint density at radius 1 is 1.15 bits per heavy atom. The highest BCUT2D eigenvalue weighted by Crippen LogP contribution is 2.19. The van der Waals surface area contributed by atoms with Crippen LogP contribution in [0.1, 0.15) is 45.1 Å². The van der Waals surface area contributed by atoms with Crippen LogP contribution in [0.15, 0.2) is 30.3 Å². The Balaban J connectivity index is 2.82. The van der Waals surface area contributed by atoms with Gasteiger partial charge in [-0.1, -0.05) is 57.0 Å². The molecule has 1 rings (SSSR count). The van der Waals surface area contributed by atoms with Crippen molar-refractivity contribution in [1.29, 1.82) is 0 Å². The average Bonchev–Trinajstić information content (AvgIpc) is 2.50. The van der Waals surface area contributed by atoms with Crippen LogP contribution in [0.3, 0.4) is 0 Å². The molecule has 3 heteroatoms. The number of hydrogen-bond donors (Lipinski definition) is 1. The number of carbonyl (C=O) groups excluding carboxylic acids is 1. The molecule has 0 aliphatic carbocycles. The molecule has 0 saturated heterocycles. The van der Waals surface area contributed by atoms with Gasteiger partial charge in [0.15, 0.2) is 0 Å². The molecule has 0 saturated carbocycles. The summed E-state index contributed by atoms with van der Waals surface area (Å²) in [5.74, 6) is 0.520. The van der Waals surface area contributed by atoms with Crippen LogP contribution < -0.4 is 5.73 Å². The lowest BCUT2D eigenvalue weighted by molar-refractivity contribution is -0.133. The van der Waals surface area contributed by atoms with Crippen molar-refractivity contribution in [3.05, 3.63) is 35.9 Å². The number of benzene rings is 1. The van der Waals surface area contributed by atoms with E-state index >= 15 is 0 Å². The fraction of sp³-hybridized carbons (Fsp3) is 0.588. The first-order valence-corrected chi connectivity index (χ1v) is 7.71. The van der Waals surface area contributed by atoms with E-state index in [1.165, 1.54) is 0 Å². The summed E-state index contributed by atoms with van der Waals surface area (Å²) in [6.07, 6.45) is 2.22. The molecule has 0 fully saturated rings. The van der Waals surface area contributed by atoms with Crippen molar-refractivity contribution in [3.8, 4) is 0 Å². The molecular formula is C17H28N2O. The number of amides is 1. The minimum absolute atomic E-state index is 0.160. The number of nitrogens with two attached hydrogens (primary N) is 1. The predicted octanol–water partition coefficient (Wildman–Crippen LogP) is 3.01. The first-order chi connectivity index (χ1) is 9.67. The van der Waals surface area contributed by atoms with Gasteiger partial charge in [-0.2, -0.15) is 0 Å². The molecule has 0 radical (unpaired) electrons. The summed E-state index contributed by atoms with van der Waals surface area (Å²) < 4.78 is 0. The third-order valence-electron chi connectivity index (χ3n) is 4.06. The highest BCUT2D eigenvalue weighted by atomic mass is 16.2. The first kappa shape index (κ1) is 16.7. The summed E-state index contributed by atoms with van der Waals surface area (Å²) in [4.78, 5) is 14.7. The van der Waals surface area contributed by atoms with Crippen LogP contribution in [0, 0.1) is 5.92 Å². The summed E-state index contributed by atoms with van der Waals surface area (Å²) in [6, 6.07) is 9.86. The van der Waals surface area contributed by atoms with E-state index in [-0.39, 0.29) is 11.8 Å². The van der Waals surface area contributed by atoms with Crippen LogP contribution in [0.25, 0.3) is 0 Å². The third-order valence-corrected chi connectivity index (χ3v) is 4.06. The zero-order chi connectivity index (χ0) is 15.0. The van der Waals surface area contributed by atoms with Crippen molar-refractivity contribution < 1.29 is 4.79 Å². The van der Waals surface area contributed by atoms with E-state index in [2.05, 4.69) is 13.8 Å². The Labute approximate surface area is 123 Å². The van der Waals surface area contributed by atoms with E-state index in [0.29, 0.717) is 12.5 Å². The standard InChI is InChI=1S/C17H28N2O/c1-4-14(5-2)13-19(6-3)17(20)16(12-18)15-10-8-7-9-11-15/h7-11,14,16H,4-6,12-13,18H2,1-3H3. The van der Waals surface area contributed by atoms with Crippen molar-refractivity contribution in [1.82, 2.24) is 4.90 Å². The molecule has 0 spiro atoms. The normalized spacial score (nSPS) is 12.4. The molecule has 0 aliphatic heterocycles. The molecule has 1 aromatic carbocycles. The maximum absolute atomic E-state index is 12.7. The zero-order valence-electron chi connectivity index (χ0n) is 13.0. The van der Waals surface area contributed by atoms with Gasteiger partial charge in [-0.05, 0) is 18.4 Å². The van der Waals surface area contributed by atoms with Crippen molar-refractivity contribution in [2.45, 2.75) is 39.5 Å².